The maximum absolute atomic E-state index is 13.5. The summed E-state index contributed by atoms with van der Waals surface area (Å²) in [6.07, 6.45) is 2.99. The smallest absolute Gasteiger partial charge is 0.407 e. The molecule has 0 radical (unpaired) electrons. The van der Waals surface area contributed by atoms with Crippen molar-refractivity contribution in [3.05, 3.63) is 72.1 Å². The van der Waals surface area contributed by atoms with Crippen LogP contribution in [-0.4, -0.2) is 96.2 Å². The van der Waals surface area contributed by atoms with Gasteiger partial charge in [-0.15, -0.1) is 0 Å². The van der Waals surface area contributed by atoms with Gasteiger partial charge < -0.3 is 45.4 Å². The molecule has 2 fully saturated rings. The second-order valence-electron chi connectivity index (χ2n) is 14.8. The predicted molar refractivity (Wildman–Crippen MR) is 204 cm³/mol. The molecule has 0 spiro atoms. The Kier molecular flexibility index (Phi) is 11.9. The number of carboxylic acid groups (broad SMARTS) is 1. The maximum atomic E-state index is 13.5. The number of ether oxygens (including phenoxy) is 1. The minimum absolute atomic E-state index is 0.118. The minimum Gasteiger partial charge on any atom is -0.465 e. The average molecular weight is 755 g/mol. The first kappa shape index (κ1) is 39.0. The van der Waals surface area contributed by atoms with Crippen LogP contribution in [-0.2, 0) is 20.9 Å². The van der Waals surface area contributed by atoms with Crippen LogP contribution in [0.2, 0.25) is 0 Å². The van der Waals surface area contributed by atoms with Crippen molar-refractivity contribution >= 4 is 24.0 Å². The summed E-state index contributed by atoms with van der Waals surface area (Å²) in [7, 11) is 1.28. The number of rotatable bonds is 12. The number of aromatic amines is 2. The quantitative estimate of drug-likeness (QED) is 0.106. The molecule has 0 saturated carbocycles. The molecule has 2 aliphatic heterocycles. The van der Waals surface area contributed by atoms with Crippen LogP contribution in [0, 0.1) is 11.8 Å². The number of carbonyl (C=O) groups excluding carboxylic acids is 3. The molecule has 55 heavy (non-hydrogen) atoms. The van der Waals surface area contributed by atoms with E-state index in [9.17, 15) is 29.4 Å². The van der Waals surface area contributed by atoms with Gasteiger partial charge in [-0.2, -0.15) is 0 Å². The molecule has 0 unspecified atom stereocenters. The fourth-order valence-corrected chi connectivity index (χ4v) is 7.59. The number of alkyl carbamates (subject to hydrolysis) is 1. The number of H-pyrrole nitrogens is 2. The first-order chi connectivity index (χ1) is 26.4. The van der Waals surface area contributed by atoms with Crippen LogP contribution < -0.4 is 10.6 Å². The Morgan fingerprint density at radius 1 is 0.782 bits per heavy atom. The van der Waals surface area contributed by atoms with Gasteiger partial charge in [0.15, 0.2) is 0 Å². The molecule has 0 aliphatic carbocycles. The summed E-state index contributed by atoms with van der Waals surface area (Å²) >= 11 is 0. The number of methoxy groups -OCH3 is 1. The molecule has 15 nitrogen and oxygen atoms in total. The molecule has 2 aliphatic rings. The van der Waals surface area contributed by atoms with E-state index in [1.165, 1.54) is 7.11 Å². The molecule has 4 atom stereocenters. The van der Waals surface area contributed by atoms with E-state index in [0.717, 1.165) is 47.2 Å². The highest BCUT2D eigenvalue weighted by Gasteiger charge is 2.39. The molecular formula is C40H50N8O7. The Morgan fingerprint density at radius 3 is 1.80 bits per heavy atom. The van der Waals surface area contributed by atoms with Gasteiger partial charge in [-0.1, -0.05) is 76.2 Å². The standard InChI is InChI=1S/C40H50N8O7/c1-22(2)32(45-39(52)53)37(50)48-19-7-9-31(48)36-43-29(21-49)34(44-36)27-16-12-25(13-17-27)24-10-14-26(15-11-24)28-20-41-35(42-28)30-8-6-18-47(30)38(51)33(23(3)4)46-40(54)55-5/h10-17,20,22-23,30-33,45,49H,6-9,18-19,21H2,1-5H3,(H,41,42)(H,43,44)(H,46,54)(H,52,53)/t30-,31-,32-,33-/m0/s1. The Labute approximate surface area is 319 Å². The number of benzene rings is 2. The van der Waals surface area contributed by atoms with Crippen LogP contribution in [0.15, 0.2) is 54.7 Å². The van der Waals surface area contributed by atoms with Gasteiger partial charge >= 0.3 is 12.2 Å². The largest absolute Gasteiger partial charge is 0.465 e. The highest BCUT2D eigenvalue weighted by molar-refractivity contribution is 5.87. The number of likely N-dealkylation sites (tertiary alicyclic amines) is 2. The summed E-state index contributed by atoms with van der Waals surface area (Å²) < 4.78 is 4.75. The number of aliphatic hydroxyl groups excluding tert-OH is 1. The molecule has 292 valence electrons. The van der Waals surface area contributed by atoms with Crippen LogP contribution in [0.25, 0.3) is 33.6 Å². The normalized spacial score (nSPS) is 18.1. The van der Waals surface area contributed by atoms with E-state index in [1.54, 1.807) is 23.6 Å². The second kappa shape index (κ2) is 16.8. The Balaban J connectivity index is 1.14. The number of nitrogens with one attached hydrogen (secondary N) is 4. The first-order valence-electron chi connectivity index (χ1n) is 18.8. The van der Waals surface area contributed by atoms with Crippen LogP contribution in [0.5, 0.6) is 0 Å². The molecule has 4 aromatic rings. The van der Waals surface area contributed by atoms with Crippen molar-refractivity contribution in [1.29, 1.82) is 0 Å². The molecule has 0 bridgehead atoms. The molecule has 2 saturated heterocycles. The summed E-state index contributed by atoms with van der Waals surface area (Å²) in [6.45, 7) is 8.16. The number of hydrogen-bond acceptors (Lipinski definition) is 8. The fourth-order valence-electron chi connectivity index (χ4n) is 7.59. The third-order valence-electron chi connectivity index (χ3n) is 10.5. The van der Waals surface area contributed by atoms with E-state index in [0.29, 0.717) is 42.5 Å². The molecule has 4 amide bonds. The summed E-state index contributed by atoms with van der Waals surface area (Å²) in [5.74, 6) is 0.472. The van der Waals surface area contributed by atoms with Crippen LogP contribution in [0.1, 0.15) is 82.8 Å². The van der Waals surface area contributed by atoms with Gasteiger partial charge in [0, 0.05) is 24.8 Å². The van der Waals surface area contributed by atoms with Crippen molar-refractivity contribution in [2.24, 2.45) is 11.8 Å². The van der Waals surface area contributed by atoms with Crippen LogP contribution >= 0.6 is 0 Å². The SMILES string of the molecule is COC(=O)N[C@H](C(=O)N1CCC[C@H]1c1nc(-c2ccc(-c3ccc(-c4[nH]c([C@@H]5CCCN5C(=O)[C@@H](NC(=O)O)C(C)C)nc4CO)cc3)cc2)c[nH]1)C(C)C. The minimum atomic E-state index is -1.24. The lowest BCUT2D eigenvalue weighted by atomic mass is 10.0. The highest BCUT2D eigenvalue weighted by atomic mass is 16.5. The van der Waals surface area contributed by atoms with E-state index >= 15 is 0 Å². The van der Waals surface area contributed by atoms with Crippen molar-refractivity contribution in [1.82, 2.24) is 40.4 Å². The van der Waals surface area contributed by atoms with Gasteiger partial charge in [0.1, 0.15) is 23.7 Å². The number of carbonyl (C=O) groups is 4. The van der Waals surface area contributed by atoms with Crippen LogP contribution in [0.4, 0.5) is 9.59 Å². The number of nitrogens with zero attached hydrogens (tertiary/aromatic N) is 4. The van der Waals surface area contributed by atoms with Gasteiger partial charge in [-0.05, 0) is 54.2 Å². The molecule has 4 heterocycles. The van der Waals surface area contributed by atoms with Gasteiger partial charge in [0.25, 0.3) is 0 Å². The summed E-state index contributed by atoms with van der Waals surface area (Å²) in [5.41, 5.74) is 5.63. The number of imidazole rings is 2. The predicted octanol–water partition coefficient (Wildman–Crippen LogP) is 5.63. The summed E-state index contributed by atoms with van der Waals surface area (Å²) in [6, 6.07) is 13.8. The molecule has 2 aromatic heterocycles. The second-order valence-corrected chi connectivity index (χ2v) is 14.8. The molecule has 6 rings (SSSR count). The van der Waals surface area contributed by atoms with Gasteiger partial charge in [0.05, 0.1) is 42.9 Å². The number of aliphatic hydroxyl groups is 1. The fraction of sp³-hybridized carbons (Fsp3) is 0.450. The van der Waals surface area contributed by atoms with Crippen molar-refractivity contribution in [3.63, 3.8) is 0 Å². The van der Waals surface area contributed by atoms with E-state index in [2.05, 4.69) is 25.6 Å². The summed E-state index contributed by atoms with van der Waals surface area (Å²) in [4.78, 5) is 70.0. The van der Waals surface area contributed by atoms with Crippen molar-refractivity contribution in [2.75, 3.05) is 20.2 Å². The Morgan fingerprint density at radius 2 is 1.29 bits per heavy atom. The van der Waals surface area contributed by atoms with E-state index in [1.807, 2.05) is 68.6 Å². The van der Waals surface area contributed by atoms with E-state index in [4.69, 9.17) is 9.72 Å². The zero-order valence-electron chi connectivity index (χ0n) is 31.8. The molecule has 2 aromatic carbocycles. The monoisotopic (exact) mass is 754 g/mol. The first-order valence-corrected chi connectivity index (χ1v) is 18.8. The maximum Gasteiger partial charge on any atom is 0.407 e. The third-order valence-corrected chi connectivity index (χ3v) is 10.5. The lowest BCUT2D eigenvalue weighted by molar-refractivity contribution is -0.136. The van der Waals surface area contributed by atoms with Crippen LogP contribution in [0.3, 0.4) is 0 Å². The Bertz CT molecular complexity index is 1990. The van der Waals surface area contributed by atoms with Gasteiger partial charge in [-0.3, -0.25) is 9.59 Å². The van der Waals surface area contributed by atoms with Gasteiger partial charge in [-0.25, -0.2) is 19.6 Å². The van der Waals surface area contributed by atoms with Crippen molar-refractivity contribution in [3.8, 4) is 33.6 Å². The third kappa shape index (κ3) is 8.36. The van der Waals surface area contributed by atoms with E-state index < -0.39 is 24.3 Å². The zero-order chi connectivity index (χ0) is 39.4. The number of aromatic nitrogens is 4. The van der Waals surface area contributed by atoms with E-state index in [-0.39, 0.29) is 42.3 Å². The highest BCUT2D eigenvalue weighted by Crippen LogP contribution is 2.36. The average Bonchev–Trinajstić information content (AvgIpc) is 4.01. The molecule has 15 heteroatoms. The topological polar surface area (TPSA) is 206 Å². The summed E-state index contributed by atoms with van der Waals surface area (Å²) in [5, 5.41) is 24.6. The molecule has 6 N–H and O–H groups in total. The van der Waals surface area contributed by atoms with Crippen molar-refractivity contribution < 1.29 is 34.1 Å². The zero-order valence-corrected chi connectivity index (χ0v) is 31.8. The Hall–Kier alpha value is -5.70. The lowest BCUT2D eigenvalue weighted by Gasteiger charge is -2.29. The molecular weight excluding hydrogens is 704 g/mol. The lowest BCUT2D eigenvalue weighted by Crippen LogP contribution is -2.51. The van der Waals surface area contributed by atoms with Gasteiger partial charge in [0.2, 0.25) is 11.8 Å². The number of amides is 4. The number of hydrogen-bond donors (Lipinski definition) is 6. The van der Waals surface area contributed by atoms with Crippen molar-refractivity contribution in [2.45, 2.75) is 84.2 Å².